The molecule has 9 heteroatoms. The third-order valence-corrected chi connectivity index (χ3v) is 4.27. The third kappa shape index (κ3) is 2.73. The van der Waals surface area contributed by atoms with Crippen LogP contribution in [0.1, 0.15) is 17.0 Å². The van der Waals surface area contributed by atoms with E-state index in [1.165, 1.54) is 0 Å². The lowest BCUT2D eigenvalue weighted by Gasteiger charge is -2.12. The number of nitrogens with two attached hydrogens (primary N) is 1. The molecule has 1 aromatic carbocycles. The molecule has 0 saturated carbocycles. The van der Waals surface area contributed by atoms with E-state index in [1.807, 2.05) is 0 Å². The molecule has 0 bridgehead atoms. The molecule has 4 N–H and O–H groups in total. The molecule has 0 aliphatic rings. The summed E-state index contributed by atoms with van der Waals surface area (Å²) in [4.78, 5) is 3.97. The minimum atomic E-state index is -3.80. The summed E-state index contributed by atoms with van der Waals surface area (Å²) in [6.07, 6.45) is 0. The number of aromatic nitrogens is 2. The first-order chi connectivity index (χ1) is 9.33. The van der Waals surface area contributed by atoms with Gasteiger partial charge in [0.25, 0.3) is 10.0 Å². The highest BCUT2D eigenvalue weighted by Gasteiger charge is 2.22. The maximum Gasteiger partial charge on any atom is 0.335 e. The molecule has 0 aliphatic carbocycles. The second kappa shape index (κ2) is 5.10. The molecular weight excluding hydrogens is 282 g/mol. The number of nitrogens with zero attached hydrogens (tertiary/aromatic N) is 2. The van der Waals surface area contributed by atoms with Crippen molar-refractivity contribution < 1.29 is 12.9 Å². The molecule has 1 heterocycles. The van der Waals surface area contributed by atoms with Crippen LogP contribution in [0.4, 0.5) is 11.7 Å². The Morgan fingerprint density at radius 3 is 2.25 bits per heavy atom. The van der Waals surface area contributed by atoms with Gasteiger partial charge in [-0.1, -0.05) is 5.16 Å². The summed E-state index contributed by atoms with van der Waals surface area (Å²) < 4.78 is 31.7. The maximum absolute atomic E-state index is 12.4. The van der Waals surface area contributed by atoms with Crippen molar-refractivity contribution in [2.24, 2.45) is 5.84 Å². The fourth-order valence-corrected chi connectivity index (χ4v) is 3.34. The van der Waals surface area contributed by atoms with E-state index in [4.69, 9.17) is 10.4 Å². The maximum atomic E-state index is 12.4. The van der Waals surface area contributed by atoms with E-state index in [2.05, 4.69) is 20.3 Å². The third-order valence-electron chi connectivity index (χ3n) is 2.64. The molecule has 20 heavy (non-hydrogen) atoms. The van der Waals surface area contributed by atoms with E-state index in [9.17, 15) is 8.42 Å². The van der Waals surface area contributed by atoms with Crippen LogP contribution in [-0.2, 0) is 10.0 Å². The molecule has 1 aromatic heterocycles. The molecular formula is C11H15N5O3S. The number of aryl methyl sites for hydroxylation is 3. The van der Waals surface area contributed by atoms with Gasteiger partial charge in [0.15, 0.2) is 5.82 Å². The summed E-state index contributed by atoms with van der Waals surface area (Å²) in [5.74, 6) is 5.67. The number of hydrazine groups is 1. The zero-order valence-electron chi connectivity index (χ0n) is 11.3. The van der Waals surface area contributed by atoms with Crippen molar-refractivity contribution >= 4 is 21.7 Å². The van der Waals surface area contributed by atoms with Gasteiger partial charge in [-0.05, 0) is 44.0 Å². The van der Waals surface area contributed by atoms with Crippen LogP contribution in [0.5, 0.6) is 0 Å². The van der Waals surface area contributed by atoms with E-state index in [0.29, 0.717) is 22.6 Å². The van der Waals surface area contributed by atoms with Gasteiger partial charge in [-0.2, -0.15) is 4.98 Å². The van der Waals surface area contributed by atoms with Crippen LogP contribution >= 0.6 is 0 Å². The largest absolute Gasteiger partial charge is 0.335 e. The SMILES string of the molecule is Cc1noc(NS(=O)(=O)c2c(C)cc(NN)cc2C)n1. The Morgan fingerprint density at radius 1 is 1.20 bits per heavy atom. The molecule has 8 nitrogen and oxygen atoms in total. The van der Waals surface area contributed by atoms with Crippen LogP contribution in [0.25, 0.3) is 0 Å². The van der Waals surface area contributed by atoms with Crippen LogP contribution in [-0.4, -0.2) is 18.6 Å². The van der Waals surface area contributed by atoms with Crippen molar-refractivity contribution in [2.75, 3.05) is 10.1 Å². The van der Waals surface area contributed by atoms with Crippen LogP contribution in [0, 0.1) is 20.8 Å². The second-order valence-corrected chi connectivity index (χ2v) is 5.95. The lowest BCUT2D eigenvalue weighted by atomic mass is 10.1. The number of benzene rings is 1. The summed E-state index contributed by atoms with van der Waals surface area (Å²) in [7, 11) is -3.80. The molecule has 108 valence electrons. The summed E-state index contributed by atoms with van der Waals surface area (Å²) in [6, 6.07) is 3.11. The molecule has 2 rings (SSSR count). The van der Waals surface area contributed by atoms with Crippen LogP contribution in [0.3, 0.4) is 0 Å². The van der Waals surface area contributed by atoms with Gasteiger partial charge in [0.1, 0.15) is 0 Å². The number of nitrogens with one attached hydrogen (secondary N) is 2. The highest BCUT2D eigenvalue weighted by atomic mass is 32.2. The van der Waals surface area contributed by atoms with Crippen LogP contribution in [0.2, 0.25) is 0 Å². The zero-order chi connectivity index (χ0) is 14.9. The predicted molar refractivity (Wildman–Crippen MR) is 73.6 cm³/mol. The van der Waals surface area contributed by atoms with Gasteiger partial charge in [-0.25, -0.2) is 13.1 Å². The first-order valence-corrected chi connectivity index (χ1v) is 7.23. The molecule has 2 aromatic rings. The predicted octanol–water partition coefficient (Wildman–Crippen LogP) is 1.08. The summed E-state index contributed by atoms with van der Waals surface area (Å²) in [5.41, 5.74) is 4.23. The molecule has 0 aliphatic heterocycles. The fraction of sp³-hybridized carbons (Fsp3) is 0.273. The van der Waals surface area contributed by atoms with E-state index in [0.717, 1.165) is 0 Å². The van der Waals surface area contributed by atoms with Crippen molar-refractivity contribution in [1.29, 1.82) is 0 Å². The Kier molecular flexibility index (Phi) is 3.64. The van der Waals surface area contributed by atoms with Gasteiger partial charge < -0.3 is 9.95 Å². The van der Waals surface area contributed by atoms with Crippen molar-refractivity contribution in [3.63, 3.8) is 0 Å². The summed E-state index contributed by atoms with van der Waals surface area (Å²) in [6.45, 7) is 4.96. The molecule has 0 radical (unpaired) electrons. The van der Waals surface area contributed by atoms with Crippen molar-refractivity contribution in [1.82, 2.24) is 10.1 Å². The average Bonchev–Trinajstić information content (AvgIpc) is 2.72. The summed E-state index contributed by atoms with van der Waals surface area (Å²) in [5, 5.41) is 3.53. The Hall–Kier alpha value is -2.13. The summed E-state index contributed by atoms with van der Waals surface area (Å²) >= 11 is 0. The van der Waals surface area contributed by atoms with Crippen molar-refractivity contribution in [3.8, 4) is 0 Å². The van der Waals surface area contributed by atoms with Crippen LogP contribution in [0.15, 0.2) is 21.6 Å². The van der Waals surface area contributed by atoms with Gasteiger partial charge in [0, 0.05) is 5.69 Å². The van der Waals surface area contributed by atoms with E-state index < -0.39 is 10.0 Å². The average molecular weight is 297 g/mol. The lowest BCUT2D eigenvalue weighted by molar-refractivity contribution is 0.429. The molecule has 0 atom stereocenters. The number of rotatable bonds is 4. The first-order valence-electron chi connectivity index (χ1n) is 5.74. The van der Waals surface area contributed by atoms with Crippen LogP contribution < -0.4 is 16.0 Å². The van der Waals surface area contributed by atoms with Gasteiger partial charge >= 0.3 is 6.01 Å². The number of hydrogen-bond donors (Lipinski definition) is 3. The Balaban J connectivity index is 2.44. The minimum absolute atomic E-state index is 0.160. The van der Waals surface area contributed by atoms with E-state index in [1.54, 1.807) is 32.9 Å². The Bertz CT molecular complexity index is 715. The highest BCUT2D eigenvalue weighted by Crippen LogP contribution is 2.25. The fourth-order valence-electron chi connectivity index (χ4n) is 1.96. The number of nitrogen functional groups attached to an aromatic ring is 1. The normalized spacial score (nSPS) is 11.4. The molecule has 0 saturated heterocycles. The van der Waals surface area contributed by atoms with Gasteiger partial charge in [-0.3, -0.25) is 5.84 Å². The molecule has 0 unspecified atom stereocenters. The standard InChI is InChI=1S/C11H15N5O3S/c1-6-4-9(14-12)5-7(2)10(6)20(17,18)16-11-13-8(3)15-19-11/h4-5,14H,12H2,1-3H3,(H,13,15,16). The van der Waals surface area contributed by atoms with Crippen molar-refractivity contribution in [3.05, 3.63) is 29.1 Å². The Labute approximate surface area is 116 Å². The number of anilines is 2. The number of sulfonamides is 1. The topological polar surface area (TPSA) is 123 Å². The van der Waals surface area contributed by atoms with Gasteiger partial charge in [-0.15, -0.1) is 0 Å². The highest BCUT2D eigenvalue weighted by molar-refractivity contribution is 7.92. The smallest absolute Gasteiger partial charge is 0.324 e. The lowest BCUT2D eigenvalue weighted by Crippen LogP contribution is -2.17. The zero-order valence-corrected chi connectivity index (χ0v) is 12.1. The van der Waals surface area contributed by atoms with E-state index in [-0.39, 0.29) is 10.9 Å². The monoisotopic (exact) mass is 297 g/mol. The molecule has 0 amide bonds. The van der Waals surface area contributed by atoms with Crippen molar-refractivity contribution in [2.45, 2.75) is 25.7 Å². The quantitative estimate of drug-likeness (QED) is 0.570. The molecule has 0 spiro atoms. The molecule has 0 fully saturated rings. The second-order valence-electron chi connectivity index (χ2n) is 4.34. The van der Waals surface area contributed by atoms with Gasteiger partial charge in [0.05, 0.1) is 4.90 Å². The van der Waals surface area contributed by atoms with Gasteiger partial charge in [0.2, 0.25) is 0 Å². The number of hydrogen-bond acceptors (Lipinski definition) is 7. The Morgan fingerprint density at radius 2 is 1.80 bits per heavy atom. The minimum Gasteiger partial charge on any atom is -0.324 e. The van der Waals surface area contributed by atoms with E-state index >= 15 is 0 Å². The first kappa shape index (κ1) is 14.3.